The first kappa shape index (κ1) is 15.8. The minimum Gasteiger partial charge on any atom is 0 e. The zero-order valence-corrected chi connectivity index (χ0v) is 4.96. The fourth-order valence-corrected chi connectivity index (χ4v) is 0. The Kier molecular flexibility index (Phi) is 12.4. The molecule has 0 saturated heterocycles. The van der Waals surface area contributed by atoms with E-state index in [9.17, 15) is 0 Å². The maximum atomic E-state index is 8.88. The molecule has 0 aromatic heterocycles. The van der Waals surface area contributed by atoms with E-state index in [1.54, 1.807) is 0 Å². The minimum atomic E-state index is -4.64. The standard InChI is InChI=1S/Li.H3O4P.Pd.H/c;1-5(2,3)4;;/h;(H3,1,2,3,4);;. The molecule has 7 heavy (non-hydrogen) atoms. The van der Waals surface area contributed by atoms with E-state index in [0.717, 1.165) is 0 Å². The Labute approximate surface area is 66.4 Å². The van der Waals surface area contributed by atoms with E-state index >= 15 is 0 Å². The summed E-state index contributed by atoms with van der Waals surface area (Å²) in [7, 11) is -4.64. The second-order valence-electron chi connectivity index (χ2n) is 0.513. The Morgan fingerprint density at radius 2 is 1.14 bits per heavy atom. The molecule has 0 unspecified atom stereocenters. The van der Waals surface area contributed by atoms with Crippen LogP contribution in [0.4, 0.5) is 0 Å². The molecule has 0 amide bonds. The smallest absolute Gasteiger partial charge is 0 e. The third kappa shape index (κ3) is 113. The van der Waals surface area contributed by atoms with Gasteiger partial charge >= 0.3 is 26.7 Å². The molecule has 4 nitrogen and oxygen atoms in total. The van der Waals surface area contributed by atoms with Crippen LogP contribution >= 0.6 is 7.82 Å². The molecule has 3 N–H and O–H groups in total. The van der Waals surface area contributed by atoms with Gasteiger partial charge in [0, 0.05) is 20.4 Å². The van der Waals surface area contributed by atoms with E-state index in [-0.39, 0.29) is 39.3 Å². The molecule has 0 aliphatic rings. The van der Waals surface area contributed by atoms with E-state index in [4.69, 9.17) is 19.2 Å². The summed E-state index contributed by atoms with van der Waals surface area (Å²) >= 11 is 0. The van der Waals surface area contributed by atoms with Crippen molar-refractivity contribution in [3.8, 4) is 0 Å². The molecule has 0 fully saturated rings. The second-order valence-corrected chi connectivity index (χ2v) is 1.54. The van der Waals surface area contributed by atoms with Gasteiger partial charge in [0.05, 0.1) is 0 Å². The maximum absolute atomic E-state index is 8.88. The fourth-order valence-electron chi connectivity index (χ4n) is 0. The topological polar surface area (TPSA) is 77.8 Å². The monoisotopic (exact) mass is 212 g/mol. The Morgan fingerprint density at radius 1 is 1.14 bits per heavy atom. The molecule has 0 spiro atoms. The zero-order chi connectivity index (χ0) is 4.50. The van der Waals surface area contributed by atoms with Gasteiger partial charge in [-0.3, -0.25) is 0 Å². The summed E-state index contributed by atoms with van der Waals surface area (Å²) in [5, 5.41) is 0. The van der Waals surface area contributed by atoms with Gasteiger partial charge in [0.15, 0.2) is 0 Å². The fraction of sp³-hybridized carbons (Fsp3) is 0. The van der Waals surface area contributed by atoms with Crippen molar-refractivity contribution in [3.05, 3.63) is 0 Å². The Balaban J connectivity index is -0.0000000800. The SMILES string of the molecule is O=P(O)(O)O.[LiH].[Pd]. The van der Waals surface area contributed by atoms with Crippen LogP contribution in [0.1, 0.15) is 0 Å². The van der Waals surface area contributed by atoms with Crippen molar-refractivity contribution in [2.45, 2.75) is 0 Å². The molecule has 0 aliphatic carbocycles. The van der Waals surface area contributed by atoms with E-state index in [1.807, 2.05) is 0 Å². The first-order chi connectivity index (χ1) is 2.00. The average Bonchev–Trinajstić information content (AvgIpc) is 0.722. The van der Waals surface area contributed by atoms with Crippen molar-refractivity contribution in [3.63, 3.8) is 0 Å². The molecular weight excluding hydrogens is 208 g/mol. The maximum Gasteiger partial charge on any atom is 0 e. The van der Waals surface area contributed by atoms with Gasteiger partial charge < -0.3 is 14.7 Å². The molecule has 0 rings (SSSR count). The van der Waals surface area contributed by atoms with E-state index in [1.165, 1.54) is 0 Å². The van der Waals surface area contributed by atoms with E-state index < -0.39 is 7.82 Å². The summed E-state index contributed by atoms with van der Waals surface area (Å²) in [4.78, 5) is 21.6. The molecule has 0 aliphatic heterocycles. The Morgan fingerprint density at radius 3 is 1.14 bits per heavy atom. The molecule has 0 heterocycles. The summed E-state index contributed by atoms with van der Waals surface area (Å²) in [5.74, 6) is 0. The van der Waals surface area contributed by atoms with Crippen molar-refractivity contribution in [2.75, 3.05) is 0 Å². The van der Waals surface area contributed by atoms with Crippen LogP contribution in [0.25, 0.3) is 0 Å². The summed E-state index contributed by atoms with van der Waals surface area (Å²) in [6, 6.07) is 0. The summed E-state index contributed by atoms with van der Waals surface area (Å²) in [6.07, 6.45) is 0. The third-order valence-electron chi connectivity index (χ3n) is 0. The van der Waals surface area contributed by atoms with Gasteiger partial charge in [0.2, 0.25) is 0 Å². The van der Waals surface area contributed by atoms with E-state index in [0.29, 0.717) is 0 Å². The van der Waals surface area contributed by atoms with Gasteiger partial charge in [0.1, 0.15) is 0 Å². The Bertz CT molecular complexity index is 57.8. The van der Waals surface area contributed by atoms with Crippen LogP contribution in [0.5, 0.6) is 0 Å². The number of phosphoric acid groups is 1. The van der Waals surface area contributed by atoms with Crippen molar-refractivity contribution in [1.82, 2.24) is 0 Å². The van der Waals surface area contributed by atoms with Crippen molar-refractivity contribution in [2.24, 2.45) is 0 Å². The van der Waals surface area contributed by atoms with Gasteiger partial charge in [-0.15, -0.1) is 0 Å². The van der Waals surface area contributed by atoms with Gasteiger partial charge in [-0.05, 0) is 0 Å². The summed E-state index contributed by atoms with van der Waals surface area (Å²) in [5.41, 5.74) is 0. The Hall–Kier alpha value is 1.37. The molecular formula is H4LiO4PPd. The molecule has 0 saturated carbocycles. The van der Waals surface area contributed by atoms with Crippen molar-refractivity contribution >= 4 is 26.7 Å². The van der Waals surface area contributed by atoms with Crippen LogP contribution in [-0.4, -0.2) is 33.5 Å². The van der Waals surface area contributed by atoms with Crippen LogP contribution < -0.4 is 0 Å². The van der Waals surface area contributed by atoms with Gasteiger partial charge in [0.25, 0.3) is 0 Å². The second kappa shape index (κ2) is 5.51. The predicted molar refractivity (Wildman–Crippen MR) is 21.4 cm³/mol. The van der Waals surface area contributed by atoms with Crippen LogP contribution in [0, 0.1) is 0 Å². The molecule has 0 radical (unpaired) electrons. The minimum absolute atomic E-state index is 0. The zero-order valence-electron chi connectivity index (χ0n) is 2.51. The van der Waals surface area contributed by atoms with Crippen LogP contribution in [0.2, 0.25) is 0 Å². The molecule has 44 valence electrons. The average molecular weight is 212 g/mol. The predicted octanol–water partition coefficient (Wildman–Crippen LogP) is -1.58. The molecule has 0 bridgehead atoms. The molecule has 7 heteroatoms. The molecule has 0 aromatic carbocycles. The van der Waals surface area contributed by atoms with Crippen LogP contribution in [0.15, 0.2) is 0 Å². The molecule has 0 aromatic rings. The number of hydrogen-bond donors (Lipinski definition) is 3. The van der Waals surface area contributed by atoms with Crippen LogP contribution in [0.3, 0.4) is 0 Å². The van der Waals surface area contributed by atoms with Gasteiger partial charge in [-0.25, -0.2) is 4.57 Å². The van der Waals surface area contributed by atoms with Gasteiger partial charge in [-0.2, -0.15) is 0 Å². The van der Waals surface area contributed by atoms with E-state index in [2.05, 4.69) is 0 Å². The third-order valence-corrected chi connectivity index (χ3v) is 0. The molecule has 0 atom stereocenters. The summed E-state index contributed by atoms with van der Waals surface area (Å²) < 4.78 is 8.88. The number of hydrogen-bond acceptors (Lipinski definition) is 1. The van der Waals surface area contributed by atoms with Gasteiger partial charge in [-0.1, -0.05) is 0 Å². The first-order valence-electron chi connectivity index (χ1n) is 0.783. The summed E-state index contributed by atoms with van der Waals surface area (Å²) in [6.45, 7) is 0. The number of rotatable bonds is 0. The van der Waals surface area contributed by atoms with Crippen LogP contribution in [-0.2, 0) is 25.0 Å². The normalized spacial score (nSPS) is 8.43. The van der Waals surface area contributed by atoms with Crippen molar-refractivity contribution < 1.29 is 39.7 Å². The largest absolute Gasteiger partial charge is 0 e. The quantitative estimate of drug-likeness (QED) is 0.334. The first-order valence-corrected chi connectivity index (χ1v) is 2.35. The van der Waals surface area contributed by atoms with Crippen molar-refractivity contribution in [1.29, 1.82) is 0 Å².